The fraction of sp³-hybridized carbons (Fsp3) is 0.556. The summed E-state index contributed by atoms with van der Waals surface area (Å²) in [5.74, 6) is 1.56. The normalized spacial score (nSPS) is 10.1. The van der Waals surface area contributed by atoms with E-state index in [0.29, 0.717) is 30.5 Å². The fourth-order valence-electron chi connectivity index (χ4n) is 0.966. The molecule has 0 aromatic carbocycles. The highest BCUT2D eigenvalue weighted by atomic mass is 16.5. The maximum atomic E-state index is 8.56. The summed E-state index contributed by atoms with van der Waals surface area (Å²) in [5.41, 5.74) is 5.56. The topological polar surface area (TPSA) is 81.3 Å². The first-order valence-corrected chi connectivity index (χ1v) is 4.63. The molecule has 0 aliphatic heterocycles. The van der Waals surface area contributed by atoms with E-state index in [4.69, 9.17) is 15.6 Å². The number of aryl methyl sites for hydroxylation is 1. The van der Waals surface area contributed by atoms with Gasteiger partial charge in [-0.25, -0.2) is 4.98 Å². The molecule has 3 N–H and O–H groups in total. The van der Waals surface area contributed by atoms with Crippen molar-refractivity contribution in [3.8, 4) is 5.88 Å². The van der Waals surface area contributed by atoms with E-state index in [2.05, 4.69) is 9.97 Å². The molecular weight excluding hydrogens is 182 g/mol. The van der Waals surface area contributed by atoms with Crippen LogP contribution in [0.15, 0.2) is 6.07 Å². The van der Waals surface area contributed by atoms with E-state index in [1.807, 2.05) is 6.92 Å². The van der Waals surface area contributed by atoms with Crippen LogP contribution in [0.2, 0.25) is 0 Å². The molecule has 0 atom stereocenters. The lowest BCUT2D eigenvalue weighted by molar-refractivity contribution is 0.229. The second kappa shape index (κ2) is 5.39. The number of hydrogen-bond donors (Lipinski definition) is 2. The molecule has 78 valence electrons. The summed E-state index contributed by atoms with van der Waals surface area (Å²) in [6.45, 7) is 2.50. The van der Waals surface area contributed by atoms with Crippen molar-refractivity contribution in [1.29, 1.82) is 0 Å². The van der Waals surface area contributed by atoms with Crippen LogP contribution in [0.25, 0.3) is 0 Å². The van der Waals surface area contributed by atoms with Gasteiger partial charge in [-0.3, -0.25) is 0 Å². The van der Waals surface area contributed by atoms with Crippen molar-refractivity contribution in [2.45, 2.75) is 19.8 Å². The van der Waals surface area contributed by atoms with Gasteiger partial charge in [0, 0.05) is 25.5 Å². The van der Waals surface area contributed by atoms with Crippen LogP contribution in [-0.4, -0.2) is 28.3 Å². The predicted molar refractivity (Wildman–Crippen MR) is 53.0 cm³/mol. The van der Waals surface area contributed by atoms with E-state index in [-0.39, 0.29) is 6.61 Å². The molecule has 0 saturated carbocycles. The molecule has 0 aliphatic carbocycles. The maximum absolute atomic E-state index is 8.56. The average Bonchev–Trinajstić information content (AvgIpc) is 2.17. The summed E-state index contributed by atoms with van der Waals surface area (Å²) in [5, 5.41) is 8.56. The third-order valence-corrected chi connectivity index (χ3v) is 1.64. The van der Waals surface area contributed by atoms with Gasteiger partial charge in [0.15, 0.2) is 0 Å². The zero-order valence-corrected chi connectivity index (χ0v) is 8.23. The molecule has 0 aliphatic rings. The Balaban J connectivity index is 2.62. The molecule has 1 rings (SSSR count). The minimum Gasteiger partial charge on any atom is -0.477 e. The standard InChI is InChI=1S/C9H15N3O2/c1-2-8-11-7(10)6-9(12-8)14-5-3-4-13/h6,13H,2-5H2,1H3,(H2,10,11,12). The molecule has 5 heteroatoms. The van der Waals surface area contributed by atoms with Gasteiger partial charge in [0.2, 0.25) is 5.88 Å². The van der Waals surface area contributed by atoms with Gasteiger partial charge in [0.1, 0.15) is 11.6 Å². The summed E-state index contributed by atoms with van der Waals surface area (Å²) >= 11 is 0. The zero-order valence-electron chi connectivity index (χ0n) is 8.23. The Morgan fingerprint density at radius 3 is 2.93 bits per heavy atom. The molecular formula is C9H15N3O2. The Morgan fingerprint density at radius 1 is 1.50 bits per heavy atom. The summed E-state index contributed by atoms with van der Waals surface area (Å²) in [7, 11) is 0. The van der Waals surface area contributed by atoms with Crippen molar-refractivity contribution in [3.63, 3.8) is 0 Å². The molecule has 1 heterocycles. The molecule has 0 spiro atoms. The fourth-order valence-corrected chi connectivity index (χ4v) is 0.966. The number of aliphatic hydroxyl groups is 1. The number of hydrogen-bond acceptors (Lipinski definition) is 5. The van der Waals surface area contributed by atoms with Crippen molar-refractivity contribution < 1.29 is 9.84 Å². The van der Waals surface area contributed by atoms with Crippen molar-refractivity contribution >= 4 is 5.82 Å². The van der Waals surface area contributed by atoms with E-state index in [1.165, 1.54) is 0 Å². The highest BCUT2D eigenvalue weighted by molar-refractivity contribution is 5.32. The lowest BCUT2D eigenvalue weighted by atomic mass is 10.4. The number of anilines is 1. The van der Waals surface area contributed by atoms with Crippen LogP contribution in [0, 0.1) is 0 Å². The van der Waals surface area contributed by atoms with Crippen molar-refractivity contribution in [2.75, 3.05) is 18.9 Å². The number of rotatable bonds is 5. The second-order valence-corrected chi connectivity index (χ2v) is 2.83. The van der Waals surface area contributed by atoms with Gasteiger partial charge in [-0.15, -0.1) is 0 Å². The molecule has 0 unspecified atom stereocenters. The second-order valence-electron chi connectivity index (χ2n) is 2.83. The first-order valence-electron chi connectivity index (χ1n) is 4.63. The Bertz CT molecular complexity index is 291. The van der Waals surface area contributed by atoms with Crippen LogP contribution in [0.3, 0.4) is 0 Å². The Morgan fingerprint density at radius 2 is 2.29 bits per heavy atom. The van der Waals surface area contributed by atoms with E-state index < -0.39 is 0 Å². The molecule has 1 aromatic heterocycles. The molecule has 14 heavy (non-hydrogen) atoms. The molecule has 0 fully saturated rings. The molecule has 0 bridgehead atoms. The first kappa shape index (κ1) is 10.7. The van der Waals surface area contributed by atoms with E-state index in [1.54, 1.807) is 6.07 Å². The van der Waals surface area contributed by atoms with Gasteiger partial charge in [-0.2, -0.15) is 4.98 Å². The monoisotopic (exact) mass is 197 g/mol. The quantitative estimate of drug-likeness (QED) is 0.667. The Labute approximate surface area is 82.9 Å². The Hall–Kier alpha value is -1.36. The van der Waals surface area contributed by atoms with Crippen LogP contribution in [0.4, 0.5) is 5.82 Å². The average molecular weight is 197 g/mol. The number of aliphatic hydroxyl groups excluding tert-OH is 1. The van der Waals surface area contributed by atoms with Crippen molar-refractivity contribution in [3.05, 3.63) is 11.9 Å². The molecule has 0 saturated heterocycles. The summed E-state index contributed by atoms with van der Waals surface area (Å²) in [4.78, 5) is 8.15. The van der Waals surface area contributed by atoms with Crippen molar-refractivity contribution in [1.82, 2.24) is 9.97 Å². The summed E-state index contributed by atoms with van der Waals surface area (Å²) < 4.78 is 5.28. The van der Waals surface area contributed by atoms with E-state index in [0.717, 1.165) is 6.42 Å². The van der Waals surface area contributed by atoms with Gasteiger partial charge in [-0.05, 0) is 0 Å². The molecule has 1 aromatic rings. The minimum absolute atomic E-state index is 0.112. The number of ether oxygens (including phenoxy) is 1. The SMILES string of the molecule is CCc1nc(N)cc(OCCCO)n1. The third kappa shape index (κ3) is 3.18. The molecule has 0 amide bonds. The van der Waals surface area contributed by atoms with Gasteiger partial charge >= 0.3 is 0 Å². The van der Waals surface area contributed by atoms with Gasteiger partial charge in [-0.1, -0.05) is 6.92 Å². The van der Waals surface area contributed by atoms with Crippen LogP contribution >= 0.6 is 0 Å². The number of nitrogens with zero attached hydrogens (tertiary/aromatic N) is 2. The van der Waals surface area contributed by atoms with Crippen LogP contribution in [0.1, 0.15) is 19.2 Å². The van der Waals surface area contributed by atoms with Crippen LogP contribution in [0.5, 0.6) is 5.88 Å². The predicted octanol–water partition coefficient (Wildman–Crippen LogP) is 0.382. The molecule has 5 nitrogen and oxygen atoms in total. The van der Waals surface area contributed by atoms with E-state index >= 15 is 0 Å². The van der Waals surface area contributed by atoms with Crippen LogP contribution in [-0.2, 0) is 6.42 Å². The van der Waals surface area contributed by atoms with Crippen LogP contribution < -0.4 is 10.5 Å². The minimum atomic E-state index is 0.112. The van der Waals surface area contributed by atoms with Gasteiger partial charge in [0.05, 0.1) is 6.61 Å². The van der Waals surface area contributed by atoms with Gasteiger partial charge in [0.25, 0.3) is 0 Å². The Kier molecular flexibility index (Phi) is 4.12. The number of nitrogen functional groups attached to an aromatic ring is 1. The number of nitrogens with two attached hydrogens (primary N) is 1. The third-order valence-electron chi connectivity index (χ3n) is 1.64. The summed E-state index contributed by atoms with van der Waals surface area (Å²) in [6.07, 6.45) is 1.31. The largest absolute Gasteiger partial charge is 0.477 e. The highest BCUT2D eigenvalue weighted by Gasteiger charge is 2.01. The number of aromatic nitrogens is 2. The lowest BCUT2D eigenvalue weighted by Crippen LogP contribution is -2.05. The van der Waals surface area contributed by atoms with Gasteiger partial charge < -0.3 is 15.6 Å². The lowest BCUT2D eigenvalue weighted by Gasteiger charge is -2.05. The zero-order chi connectivity index (χ0) is 10.4. The van der Waals surface area contributed by atoms with E-state index in [9.17, 15) is 0 Å². The molecule has 0 radical (unpaired) electrons. The summed E-state index contributed by atoms with van der Waals surface area (Å²) in [6, 6.07) is 1.58. The smallest absolute Gasteiger partial charge is 0.218 e. The maximum Gasteiger partial charge on any atom is 0.218 e. The highest BCUT2D eigenvalue weighted by Crippen LogP contribution is 2.11. The first-order chi connectivity index (χ1) is 6.76. The van der Waals surface area contributed by atoms with Crippen molar-refractivity contribution in [2.24, 2.45) is 0 Å².